The number of pyridine rings is 1. The number of benzene rings is 1. The van der Waals surface area contributed by atoms with Crippen molar-refractivity contribution in [2.75, 3.05) is 12.4 Å². The van der Waals surface area contributed by atoms with Gasteiger partial charge >= 0.3 is 0 Å². The third kappa shape index (κ3) is 3.93. The smallest absolute Gasteiger partial charge is 0.171 e. The van der Waals surface area contributed by atoms with Gasteiger partial charge in [0.05, 0.1) is 25.0 Å². The summed E-state index contributed by atoms with van der Waals surface area (Å²) in [5.74, 6) is 0.844. The van der Waals surface area contributed by atoms with E-state index in [0.717, 1.165) is 17.0 Å². The Bertz CT molecular complexity index is 557. The van der Waals surface area contributed by atoms with Crippen molar-refractivity contribution < 1.29 is 4.74 Å². The van der Waals surface area contributed by atoms with E-state index in [4.69, 9.17) is 17.0 Å². The van der Waals surface area contributed by atoms with E-state index in [1.54, 1.807) is 19.5 Å². The molecule has 5 heteroatoms. The van der Waals surface area contributed by atoms with E-state index >= 15 is 0 Å². The summed E-state index contributed by atoms with van der Waals surface area (Å²) in [6, 6.07) is 11.8. The van der Waals surface area contributed by atoms with Gasteiger partial charge in [-0.2, -0.15) is 0 Å². The van der Waals surface area contributed by atoms with Crippen LogP contribution in [0.4, 0.5) is 5.69 Å². The Kier molecular flexibility index (Phi) is 4.90. The molecule has 0 amide bonds. The maximum absolute atomic E-state index is 5.29. The van der Waals surface area contributed by atoms with Crippen molar-refractivity contribution in [1.82, 2.24) is 10.3 Å². The number of hydrogen-bond donors (Lipinski definition) is 2. The molecule has 1 heterocycles. The van der Waals surface area contributed by atoms with Crippen LogP contribution in [0.15, 0.2) is 48.8 Å². The van der Waals surface area contributed by atoms with Crippen molar-refractivity contribution in [2.45, 2.75) is 13.0 Å². The fraction of sp³-hybridized carbons (Fsp3) is 0.200. The highest BCUT2D eigenvalue weighted by molar-refractivity contribution is 7.80. The molecule has 1 atom stereocenters. The highest BCUT2D eigenvalue weighted by Gasteiger charge is 2.07. The molecular weight excluding hydrogens is 270 g/mol. The molecule has 104 valence electrons. The number of thiocarbonyl (C=S) groups is 1. The first-order valence-electron chi connectivity index (χ1n) is 6.30. The Labute approximate surface area is 124 Å². The van der Waals surface area contributed by atoms with Gasteiger partial charge in [-0.3, -0.25) is 4.98 Å². The molecule has 1 aromatic heterocycles. The lowest BCUT2D eigenvalue weighted by Crippen LogP contribution is -2.30. The third-order valence-electron chi connectivity index (χ3n) is 2.88. The summed E-state index contributed by atoms with van der Waals surface area (Å²) in [7, 11) is 1.66. The normalized spacial score (nSPS) is 11.5. The van der Waals surface area contributed by atoms with Crippen molar-refractivity contribution in [2.24, 2.45) is 0 Å². The van der Waals surface area contributed by atoms with E-state index in [-0.39, 0.29) is 6.04 Å². The molecule has 20 heavy (non-hydrogen) atoms. The van der Waals surface area contributed by atoms with E-state index in [1.165, 1.54) is 0 Å². The molecular formula is C15H17N3OS. The highest BCUT2D eigenvalue weighted by Crippen LogP contribution is 2.17. The molecule has 0 saturated heterocycles. The zero-order chi connectivity index (χ0) is 14.4. The molecule has 0 unspecified atom stereocenters. The van der Waals surface area contributed by atoms with Gasteiger partial charge in [-0.25, -0.2) is 0 Å². The lowest BCUT2D eigenvalue weighted by atomic mass is 10.1. The first kappa shape index (κ1) is 14.3. The Morgan fingerprint density at radius 1 is 1.25 bits per heavy atom. The van der Waals surface area contributed by atoms with Crippen molar-refractivity contribution in [1.29, 1.82) is 0 Å². The van der Waals surface area contributed by atoms with Crippen LogP contribution in [0.1, 0.15) is 18.5 Å². The van der Waals surface area contributed by atoms with Crippen LogP contribution in [0.2, 0.25) is 0 Å². The van der Waals surface area contributed by atoms with Gasteiger partial charge in [0.2, 0.25) is 0 Å². The number of methoxy groups -OCH3 is 1. The van der Waals surface area contributed by atoms with Crippen LogP contribution in [0.3, 0.4) is 0 Å². The number of aromatic nitrogens is 1. The average Bonchev–Trinajstić information content (AvgIpc) is 2.48. The molecule has 2 rings (SSSR count). The Balaban J connectivity index is 1.93. The Morgan fingerprint density at radius 2 is 2.00 bits per heavy atom. The van der Waals surface area contributed by atoms with Crippen molar-refractivity contribution >= 4 is 23.0 Å². The first-order chi connectivity index (χ1) is 9.69. The second kappa shape index (κ2) is 6.86. The molecule has 4 nitrogen and oxygen atoms in total. The van der Waals surface area contributed by atoms with Crippen LogP contribution in [0.5, 0.6) is 5.75 Å². The van der Waals surface area contributed by atoms with Gasteiger partial charge in [-0.05, 0) is 49.0 Å². The average molecular weight is 287 g/mol. The van der Waals surface area contributed by atoms with E-state index < -0.39 is 0 Å². The minimum absolute atomic E-state index is 0.109. The largest absolute Gasteiger partial charge is 0.497 e. The van der Waals surface area contributed by atoms with Gasteiger partial charge in [0.25, 0.3) is 0 Å². The van der Waals surface area contributed by atoms with Gasteiger partial charge in [0, 0.05) is 6.20 Å². The molecule has 1 aromatic carbocycles. The van der Waals surface area contributed by atoms with Crippen LogP contribution >= 0.6 is 12.2 Å². The topological polar surface area (TPSA) is 46.2 Å². The zero-order valence-corrected chi connectivity index (χ0v) is 12.3. The molecule has 0 aliphatic carbocycles. The van der Waals surface area contributed by atoms with E-state index in [1.807, 2.05) is 36.4 Å². The highest BCUT2D eigenvalue weighted by atomic mass is 32.1. The molecule has 2 N–H and O–H groups in total. The lowest BCUT2D eigenvalue weighted by Gasteiger charge is -2.17. The number of nitrogens with zero attached hydrogens (tertiary/aromatic N) is 1. The number of ether oxygens (including phenoxy) is 1. The van der Waals surface area contributed by atoms with Gasteiger partial charge < -0.3 is 15.4 Å². The van der Waals surface area contributed by atoms with Crippen LogP contribution < -0.4 is 15.4 Å². The molecule has 0 spiro atoms. The van der Waals surface area contributed by atoms with Crippen molar-refractivity contribution in [3.05, 3.63) is 54.4 Å². The van der Waals surface area contributed by atoms with E-state index in [9.17, 15) is 0 Å². The number of anilines is 1. The van der Waals surface area contributed by atoms with Crippen LogP contribution in [0, 0.1) is 0 Å². The number of hydrogen-bond acceptors (Lipinski definition) is 3. The number of nitrogens with one attached hydrogen (secondary N) is 2. The second-order valence-corrected chi connectivity index (χ2v) is 4.74. The predicted octanol–water partition coefficient (Wildman–Crippen LogP) is 3.14. The maximum atomic E-state index is 5.29. The monoisotopic (exact) mass is 287 g/mol. The van der Waals surface area contributed by atoms with Crippen LogP contribution in [0.25, 0.3) is 0 Å². The summed E-state index contributed by atoms with van der Waals surface area (Å²) in [5.41, 5.74) is 2.01. The predicted molar refractivity (Wildman–Crippen MR) is 85.0 cm³/mol. The zero-order valence-electron chi connectivity index (χ0n) is 11.5. The van der Waals surface area contributed by atoms with Gasteiger partial charge in [-0.15, -0.1) is 0 Å². The minimum Gasteiger partial charge on any atom is -0.497 e. The quantitative estimate of drug-likeness (QED) is 0.846. The summed E-state index contributed by atoms with van der Waals surface area (Å²) in [4.78, 5) is 4.03. The van der Waals surface area contributed by atoms with Gasteiger partial charge in [0.1, 0.15) is 5.75 Å². The minimum atomic E-state index is 0.109. The van der Waals surface area contributed by atoms with Crippen LogP contribution in [-0.4, -0.2) is 17.2 Å². The lowest BCUT2D eigenvalue weighted by molar-refractivity contribution is 0.414. The number of rotatable bonds is 4. The van der Waals surface area contributed by atoms with Crippen LogP contribution in [-0.2, 0) is 0 Å². The summed E-state index contributed by atoms with van der Waals surface area (Å²) in [6.45, 7) is 2.05. The molecule has 0 fully saturated rings. The van der Waals surface area contributed by atoms with Gasteiger partial charge in [0.15, 0.2) is 5.11 Å². The summed E-state index contributed by atoms with van der Waals surface area (Å²) in [5, 5.41) is 6.90. The fourth-order valence-electron chi connectivity index (χ4n) is 1.78. The molecule has 0 aliphatic rings. The standard InChI is InChI=1S/C15H17N3OS/c1-11(12-5-7-14(19-2)8-6-12)17-15(20)18-13-4-3-9-16-10-13/h3-11H,1-2H3,(H2,17,18,20)/t11-/m0/s1. The second-order valence-electron chi connectivity index (χ2n) is 4.34. The molecule has 0 bridgehead atoms. The summed E-state index contributed by atoms with van der Waals surface area (Å²) < 4.78 is 5.14. The van der Waals surface area contributed by atoms with E-state index in [2.05, 4.69) is 22.5 Å². The van der Waals surface area contributed by atoms with Gasteiger partial charge in [-0.1, -0.05) is 12.1 Å². The third-order valence-corrected chi connectivity index (χ3v) is 3.10. The molecule has 2 aromatic rings. The summed E-state index contributed by atoms with van der Waals surface area (Å²) in [6.07, 6.45) is 3.45. The maximum Gasteiger partial charge on any atom is 0.171 e. The molecule has 0 radical (unpaired) electrons. The Hall–Kier alpha value is -2.14. The first-order valence-corrected chi connectivity index (χ1v) is 6.71. The van der Waals surface area contributed by atoms with Crippen molar-refractivity contribution in [3.8, 4) is 5.75 Å². The molecule has 0 aliphatic heterocycles. The molecule has 0 saturated carbocycles. The summed E-state index contributed by atoms with van der Waals surface area (Å²) >= 11 is 5.29. The van der Waals surface area contributed by atoms with Crippen molar-refractivity contribution in [3.63, 3.8) is 0 Å². The van der Waals surface area contributed by atoms with E-state index in [0.29, 0.717) is 5.11 Å². The SMILES string of the molecule is COc1ccc([C@H](C)NC(=S)Nc2cccnc2)cc1. The Morgan fingerprint density at radius 3 is 2.60 bits per heavy atom. The fourth-order valence-corrected chi connectivity index (χ4v) is 2.07.